The van der Waals surface area contributed by atoms with Gasteiger partial charge in [-0.3, -0.25) is 4.79 Å². The van der Waals surface area contributed by atoms with E-state index in [1.807, 2.05) is 0 Å². The van der Waals surface area contributed by atoms with E-state index in [-0.39, 0.29) is 0 Å². The number of hydrogen-bond donors (Lipinski definition) is 2. The first-order valence-corrected chi connectivity index (χ1v) is 5.44. The molecule has 0 saturated carbocycles. The molecule has 1 aromatic carbocycles. The molecule has 3 N–H and O–H groups in total. The van der Waals surface area contributed by atoms with Crippen LogP contribution in [0.4, 0.5) is 13.2 Å². The molecule has 0 aliphatic heterocycles. The topological polar surface area (TPSA) is 55.1 Å². The molecule has 0 unspecified atom stereocenters. The minimum absolute atomic E-state index is 0.341. The molecule has 0 saturated heterocycles. The first-order valence-electron chi connectivity index (χ1n) is 5.44. The van der Waals surface area contributed by atoms with Gasteiger partial charge in [0.2, 0.25) is 0 Å². The maximum absolute atomic E-state index is 13.4. The van der Waals surface area contributed by atoms with Crippen molar-refractivity contribution in [1.82, 2.24) is 5.32 Å². The third kappa shape index (κ3) is 3.22. The molecule has 18 heavy (non-hydrogen) atoms. The van der Waals surface area contributed by atoms with Crippen LogP contribution in [0.2, 0.25) is 0 Å². The Hall–Kier alpha value is -1.56. The molecule has 1 rings (SSSR count). The van der Waals surface area contributed by atoms with Gasteiger partial charge in [-0.2, -0.15) is 0 Å². The van der Waals surface area contributed by atoms with Gasteiger partial charge in [-0.1, -0.05) is 0 Å². The normalized spacial score (nSPS) is 11.4. The molecular weight excluding hydrogens is 245 g/mol. The number of benzene rings is 1. The summed E-state index contributed by atoms with van der Waals surface area (Å²) in [6.07, 6.45) is 0.476. The van der Waals surface area contributed by atoms with Gasteiger partial charge in [0, 0.05) is 5.54 Å². The lowest BCUT2D eigenvalue weighted by molar-refractivity contribution is 0.0905. The molecule has 3 nitrogen and oxygen atoms in total. The molecule has 0 radical (unpaired) electrons. The van der Waals surface area contributed by atoms with Crippen molar-refractivity contribution < 1.29 is 18.0 Å². The summed E-state index contributed by atoms with van der Waals surface area (Å²) >= 11 is 0. The van der Waals surface area contributed by atoms with Crippen LogP contribution in [-0.4, -0.2) is 18.0 Å². The van der Waals surface area contributed by atoms with Crippen molar-refractivity contribution in [3.8, 4) is 0 Å². The van der Waals surface area contributed by atoms with Crippen LogP contribution in [0, 0.1) is 17.5 Å². The summed E-state index contributed by atoms with van der Waals surface area (Å²) in [5.74, 6) is -5.27. The third-order valence-corrected chi connectivity index (χ3v) is 2.50. The van der Waals surface area contributed by atoms with Gasteiger partial charge in [-0.05, 0) is 38.9 Å². The van der Waals surface area contributed by atoms with Gasteiger partial charge in [-0.25, -0.2) is 13.2 Å². The molecule has 0 fully saturated rings. The Morgan fingerprint density at radius 2 is 1.89 bits per heavy atom. The van der Waals surface area contributed by atoms with Crippen LogP contribution in [-0.2, 0) is 0 Å². The summed E-state index contributed by atoms with van der Waals surface area (Å²) in [6, 6.07) is 1.62. The van der Waals surface area contributed by atoms with Crippen LogP contribution in [0.25, 0.3) is 0 Å². The van der Waals surface area contributed by atoms with Crippen LogP contribution in [0.5, 0.6) is 0 Å². The first-order chi connectivity index (χ1) is 8.28. The Balaban J connectivity index is 2.95. The average Bonchev–Trinajstić information content (AvgIpc) is 2.25. The summed E-state index contributed by atoms with van der Waals surface area (Å²) < 4.78 is 39.1. The van der Waals surface area contributed by atoms with Gasteiger partial charge in [0.1, 0.15) is 0 Å². The fourth-order valence-corrected chi connectivity index (χ4v) is 1.50. The van der Waals surface area contributed by atoms with Gasteiger partial charge in [0.25, 0.3) is 5.91 Å². The van der Waals surface area contributed by atoms with Crippen molar-refractivity contribution in [1.29, 1.82) is 0 Å². The number of hydrogen-bond acceptors (Lipinski definition) is 2. The highest BCUT2D eigenvalue weighted by atomic mass is 19.2. The second kappa shape index (κ2) is 5.39. The molecule has 100 valence electrons. The van der Waals surface area contributed by atoms with Crippen LogP contribution < -0.4 is 11.1 Å². The predicted molar refractivity (Wildman–Crippen MR) is 61.5 cm³/mol. The lowest BCUT2D eigenvalue weighted by Gasteiger charge is -2.25. The molecule has 0 aliphatic carbocycles. The standard InChI is InChI=1S/C12H15F3N2O/c1-12(2,5-6-16)17-11(18)7-3-4-8(13)10(15)9(7)14/h3-4H,5-6,16H2,1-2H3,(H,17,18). The predicted octanol–water partition coefficient (Wildman–Crippen LogP) is 1.96. The van der Waals surface area contributed by atoms with E-state index in [0.29, 0.717) is 19.0 Å². The second-order valence-electron chi connectivity index (χ2n) is 4.60. The molecule has 1 amide bonds. The van der Waals surface area contributed by atoms with E-state index in [0.717, 1.165) is 6.07 Å². The van der Waals surface area contributed by atoms with E-state index in [1.54, 1.807) is 13.8 Å². The van der Waals surface area contributed by atoms with E-state index in [2.05, 4.69) is 5.32 Å². The van der Waals surface area contributed by atoms with Crippen molar-refractivity contribution in [2.75, 3.05) is 6.54 Å². The van der Waals surface area contributed by atoms with Crippen molar-refractivity contribution in [3.63, 3.8) is 0 Å². The number of carbonyl (C=O) groups excluding carboxylic acids is 1. The fraction of sp³-hybridized carbons (Fsp3) is 0.417. The van der Waals surface area contributed by atoms with E-state index >= 15 is 0 Å². The number of halogens is 3. The van der Waals surface area contributed by atoms with Gasteiger partial charge in [-0.15, -0.1) is 0 Å². The zero-order valence-electron chi connectivity index (χ0n) is 10.2. The Morgan fingerprint density at radius 1 is 1.28 bits per heavy atom. The number of amides is 1. The average molecular weight is 260 g/mol. The van der Waals surface area contributed by atoms with Crippen molar-refractivity contribution >= 4 is 5.91 Å². The quantitative estimate of drug-likeness (QED) is 0.813. The van der Waals surface area contributed by atoms with Crippen molar-refractivity contribution in [2.24, 2.45) is 5.73 Å². The smallest absolute Gasteiger partial charge is 0.254 e. The number of carbonyl (C=O) groups is 1. The molecule has 0 aromatic heterocycles. The van der Waals surface area contributed by atoms with E-state index in [1.165, 1.54) is 0 Å². The molecule has 0 atom stereocenters. The Morgan fingerprint density at radius 3 is 2.44 bits per heavy atom. The summed E-state index contributed by atoms with van der Waals surface area (Å²) in [6.45, 7) is 3.75. The van der Waals surface area contributed by atoms with E-state index in [4.69, 9.17) is 5.73 Å². The monoisotopic (exact) mass is 260 g/mol. The lowest BCUT2D eigenvalue weighted by Crippen LogP contribution is -2.45. The summed E-state index contributed by atoms with van der Waals surface area (Å²) in [5, 5.41) is 2.51. The highest BCUT2D eigenvalue weighted by Crippen LogP contribution is 2.16. The third-order valence-electron chi connectivity index (χ3n) is 2.50. The number of nitrogens with two attached hydrogens (primary N) is 1. The minimum Gasteiger partial charge on any atom is -0.347 e. The number of rotatable bonds is 4. The van der Waals surface area contributed by atoms with Gasteiger partial charge < -0.3 is 11.1 Å². The SMILES string of the molecule is CC(C)(CCN)NC(=O)c1ccc(F)c(F)c1F. The maximum atomic E-state index is 13.4. The fourth-order valence-electron chi connectivity index (χ4n) is 1.50. The molecule has 0 spiro atoms. The van der Waals surface area contributed by atoms with Crippen LogP contribution in [0.1, 0.15) is 30.6 Å². The summed E-state index contributed by atoms with van der Waals surface area (Å²) in [4.78, 5) is 11.7. The Kier molecular flexibility index (Phi) is 4.34. The van der Waals surface area contributed by atoms with Crippen LogP contribution >= 0.6 is 0 Å². The highest BCUT2D eigenvalue weighted by Gasteiger charge is 2.24. The van der Waals surface area contributed by atoms with Crippen molar-refractivity contribution in [2.45, 2.75) is 25.8 Å². The van der Waals surface area contributed by atoms with E-state index in [9.17, 15) is 18.0 Å². The minimum atomic E-state index is -1.65. The molecule has 6 heteroatoms. The largest absolute Gasteiger partial charge is 0.347 e. The zero-order valence-corrected chi connectivity index (χ0v) is 10.2. The Bertz CT molecular complexity index is 461. The van der Waals surface area contributed by atoms with E-state index < -0.39 is 34.5 Å². The zero-order chi connectivity index (χ0) is 13.9. The number of nitrogens with one attached hydrogen (secondary N) is 1. The van der Waals surface area contributed by atoms with Gasteiger partial charge in [0.15, 0.2) is 17.5 Å². The molecule has 1 aromatic rings. The highest BCUT2D eigenvalue weighted by molar-refractivity contribution is 5.94. The summed E-state index contributed by atoms with van der Waals surface area (Å²) in [5.41, 5.74) is 4.19. The van der Waals surface area contributed by atoms with Gasteiger partial charge >= 0.3 is 0 Å². The van der Waals surface area contributed by atoms with Crippen molar-refractivity contribution in [3.05, 3.63) is 35.1 Å². The Labute approximate surface area is 103 Å². The van der Waals surface area contributed by atoms with Gasteiger partial charge in [0.05, 0.1) is 5.56 Å². The lowest BCUT2D eigenvalue weighted by atomic mass is 10.00. The molecule has 0 aliphatic rings. The molecule has 0 heterocycles. The second-order valence-corrected chi connectivity index (χ2v) is 4.60. The molecular formula is C12H15F3N2O. The first kappa shape index (κ1) is 14.5. The summed E-state index contributed by atoms with van der Waals surface area (Å²) in [7, 11) is 0. The van der Waals surface area contributed by atoms with Crippen LogP contribution in [0.3, 0.4) is 0 Å². The molecule has 0 bridgehead atoms. The van der Waals surface area contributed by atoms with Crippen LogP contribution in [0.15, 0.2) is 12.1 Å². The maximum Gasteiger partial charge on any atom is 0.254 e.